The molecule has 5 heteroatoms. The second-order valence-corrected chi connectivity index (χ2v) is 6.40. The van der Waals surface area contributed by atoms with Gasteiger partial charge in [0.1, 0.15) is 5.75 Å². The molecule has 1 saturated heterocycles. The first kappa shape index (κ1) is 18.5. The van der Waals surface area contributed by atoms with Gasteiger partial charge >= 0.3 is 0 Å². The van der Waals surface area contributed by atoms with E-state index in [9.17, 15) is 9.59 Å². The van der Waals surface area contributed by atoms with E-state index in [0.717, 1.165) is 18.8 Å². The van der Waals surface area contributed by atoms with Crippen molar-refractivity contribution in [2.75, 3.05) is 26.7 Å². The van der Waals surface area contributed by atoms with Gasteiger partial charge in [0, 0.05) is 31.0 Å². The number of nitrogens with zero attached hydrogens (tertiary/aromatic N) is 1. The van der Waals surface area contributed by atoms with Crippen molar-refractivity contribution >= 4 is 11.7 Å². The highest BCUT2D eigenvalue weighted by atomic mass is 16.5. The maximum atomic E-state index is 12.1. The zero-order valence-electron chi connectivity index (χ0n) is 14.7. The lowest BCUT2D eigenvalue weighted by Crippen LogP contribution is -2.44. The molecule has 1 aliphatic rings. The quantitative estimate of drug-likeness (QED) is 0.744. The molecule has 0 spiro atoms. The lowest BCUT2D eigenvalue weighted by atomic mass is 10.1. The number of amides is 1. The van der Waals surface area contributed by atoms with Gasteiger partial charge in [-0.1, -0.05) is 6.42 Å². The minimum absolute atomic E-state index is 0.0168. The van der Waals surface area contributed by atoms with E-state index in [2.05, 4.69) is 17.1 Å². The van der Waals surface area contributed by atoms with Crippen LogP contribution in [0.4, 0.5) is 0 Å². The van der Waals surface area contributed by atoms with Crippen LogP contribution in [-0.2, 0) is 4.79 Å². The highest BCUT2D eigenvalue weighted by Crippen LogP contribution is 2.14. The van der Waals surface area contributed by atoms with Crippen LogP contribution in [0.1, 0.15) is 49.4 Å². The predicted octanol–water partition coefficient (Wildman–Crippen LogP) is 2.65. The molecule has 5 nitrogen and oxygen atoms in total. The molecule has 1 aromatic carbocycles. The lowest BCUT2D eigenvalue weighted by Gasteiger charge is -2.32. The Kier molecular flexibility index (Phi) is 7.25. The van der Waals surface area contributed by atoms with E-state index in [1.54, 1.807) is 31.4 Å². The van der Waals surface area contributed by atoms with Crippen LogP contribution in [-0.4, -0.2) is 49.4 Å². The van der Waals surface area contributed by atoms with Crippen LogP contribution in [0, 0.1) is 0 Å². The fourth-order valence-corrected chi connectivity index (χ4v) is 2.99. The maximum absolute atomic E-state index is 12.1. The average Bonchev–Trinajstić information content (AvgIpc) is 2.64. The van der Waals surface area contributed by atoms with Crippen molar-refractivity contribution in [2.45, 2.75) is 45.1 Å². The molecule has 0 aromatic heterocycles. The Balaban J connectivity index is 1.69. The van der Waals surface area contributed by atoms with Crippen LogP contribution in [0.2, 0.25) is 0 Å². The number of carbonyl (C=O) groups is 2. The third-order valence-corrected chi connectivity index (χ3v) is 4.60. The number of Topliss-reactive ketones (excluding diaryl/α,β-unsaturated/α-hetero) is 1. The number of hydrogen-bond donors (Lipinski definition) is 1. The van der Waals surface area contributed by atoms with E-state index in [1.807, 2.05) is 0 Å². The summed E-state index contributed by atoms with van der Waals surface area (Å²) < 4.78 is 5.07. The van der Waals surface area contributed by atoms with E-state index >= 15 is 0 Å². The number of benzene rings is 1. The largest absolute Gasteiger partial charge is 0.497 e. The number of ether oxygens (including phenoxy) is 1. The van der Waals surface area contributed by atoms with Crippen molar-refractivity contribution in [3.8, 4) is 5.75 Å². The highest BCUT2D eigenvalue weighted by molar-refractivity contribution is 5.98. The predicted molar refractivity (Wildman–Crippen MR) is 94.5 cm³/mol. The molecule has 0 bridgehead atoms. The van der Waals surface area contributed by atoms with Gasteiger partial charge in [0.05, 0.1) is 7.11 Å². The number of nitrogens with one attached hydrogen (secondary N) is 1. The van der Waals surface area contributed by atoms with Gasteiger partial charge < -0.3 is 10.1 Å². The molecule has 132 valence electrons. The van der Waals surface area contributed by atoms with Crippen LogP contribution in [0.5, 0.6) is 5.75 Å². The summed E-state index contributed by atoms with van der Waals surface area (Å²) in [6, 6.07) is 7.34. The van der Waals surface area contributed by atoms with Crippen molar-refractivity contribution in [3.05, 3.63) is 29.8 Å². The van der Waals surface area contributed by atoms with Crippen molar-refractivity contribution in [1.29, 1.82) is 0 Å². The number of likely N-dealkylation sites (tertiary alicyclic amines) is 1. The normalized spacial score (nSPS) is 16.4. The Bertz CT molecular complexity index is 536. The summed E-state index contributed by atoms with van der Waals surface area (Å²) in [6.45, 7) is 5.03. The third kappa shape index (κ3) is 5.64. The monoisotopic (exact) mass is 332 g/mol. The molecule has 2 rings (SSSR count). The Labute approximate surface area is 144 Å². The second kappa shape index (κ2) is 9.42. The first-order valence-electron chi connectivity index (χ1n) is 8.78. The molecule has 0 saturated carbocycles. The van der Waals surface area contributed by atoms with Gasteiger partial charge in [-0.05, 0) is 57.1 Å². The van der Waals surface area contributed by atoms with Crippen LogP contribution in [0.3, 0.4) is 0 Å². The molecule has 1 aliphatic heterocycles. The minimum atomic E-state index is -0.0549. The standard InChI is InChI=1S/C19H28N2O3/c1-15(21-12-4-3-5-13-21)14-20-19(23)11-10-18(22)16-6-8-17(24-2)9-7-16/h6-9,15H,3-5,10-14H2,1-2H3,(H,20,23). The molecular weight excluding hydrogens is 304 g/mol. The van der Waals surface area contributed by atoms with Crippen LogP contribution >= 0.6 is 0 Å². The number of rotatable bonds is 8. The van der Waals surface area contributed by atoms with Gasteiger partial charge in [0.25, 0.3) is 0 Å². The zero-order chi connectivity index (χ0) is 17.4. The van der Waals surface area contributed by atoms with Crippen molar-refractivity contribution in [3.63, 3.8) is 0 Å². The summed E-state index contributed by atoms with van der Waals surface area (Å²) >= 11 is 0. The SMILES string of the molecule is COc1ccc(C(=O)CCC(=O)NCC(C)N2CCCCC2)cc1. The highest BCUT2D eigenvalue weighted by Gasteiger charge is 2.17. The average molecular weight is 332 g/mol. The van der Waals surface area contributed by atoms with E-state index in [1.165, 1.54) is 19.3 Å². The summed E-state index contributed by atoms with van der Waals surface area (Å²) in [6.07, 6.45) is 4.26. The van der Waals surface area contributed by atoms with Gasteiger partial charge in [0.15, 0.2) is 5.78 Å². The van der Waals surface area contributed by atoms with E-state index in [0.29, 0.717) is 18.2 Å². The molecule has 1 fully saturated rings. The number of ketones is 1. The maximum Gasteiger partial charge on any atom is 0.220 e. The third-order valence-electron chi connectivity index (χ3n) is 4.60. The van der Waals surface area contributed by atoms with Crippen molar-refractivity contribution < 1.29 is 14.3 Å². The van der Waals surface area contributed by atoms with Gasteiger partial charge in [-0.25, -0.2) is 0 Å². The number of piperidine rings is 1. The van der Waals surface area contributed by atoms with Gasteiger partial charge in [0.2, 0.25) is 5.91 Å². The Morgan fingerprint density at radius 2 is 1.79 bits per heavy atom. The zero-order valence-corrected chi connectivity index (χ0v) is 14.7. The number of methoxy groups -OCH3 is 1. The van der Waals surface area contributed by atoms with Crippen molar-refractivity contribution in [1.82, 2.24) is 10.2 Å². The minimum Gasteiger partial charge on any atom is -0.497 e. The molecule has 1 heterocycles. The summed E-state index contributed by atoms with van der Waals surface area (Å²) in [4.78, 5) is 26.5. The summed E-state index contributed by atoms with van der Waals surface area (Å²) in [7, 11) is 1.59. The number of hydrogen-bond acceptors (Lipinski definition) is 4. The smallest absolute Gasteiger partial charge is 0.220 e. The van der Waals surface area contributed by atoms with Crippen LogP contribution in [0.25, 0.3) is 0 Å². The topological polar surface area (TPSA) is 58.6 Å². The first-order valence-corrected chi connectivity index (χ1v) is 8.78. The second-order valence-electron chi connectivity index (χ2n) is 6.40. The summed E-state index contributed by atoms with van der Waals surface area (Å²) in [5, 5.41) is 2.95. The van der Waals surface area contributed by atoms with Gasteiger partial charge in [-0.3, -0.25) is 14.5 Å². The molecule has 1 aromatic rings. The lowest BCUT2D eigenvalue weighted by molar-refractivity contribution is -0.121. The van der Waals surface area contributed by atoms with Crippen LogP contribution in [0.15, 0.2) is 24.3 Å². The van der Waals surface area contributed by atoms with Crippen molar-refractivity contribution in [2.24, 2.45) is 0 Å². The molecule has 1 atom stereocenters. The molecule has 24 heavy (non-hydrogen) atoms. The van der Waals surface area contributed by atoms with E-state index < -0.39 is 0 Å². The fourth-order valence-electron chi connectivity index (χ4n) is 2.99. The number of carbonyl (C=O) groups excluding carboxylic acids is 2. The summed E-state index contributed by atoms with van der Waals surface area (Å²) in [5.74, 6) is 0.647. The van der Waals surface area contributed by atoms with E-state index in [4.69, 9.17) is 4.74 Å². The van der Waals surface area contributed by atoms with Gasteiger partial charge in [-0.2, -0.15) is 0 Å². The molecule has 1 N–H and O–H groups in total. The van der Waals surface area contributed by atoms with Gasteiger partial charge in [-0.15, -0.1) is 0 Å². The fraction of sp³-hybridized carbons (Fsp3) is 0.579. The molecule has 1 amide bonds. The molecule has 0 radical (unpaired) electrons. The molecular formula is C19H28N2O3. The summed E-state index contributed by atoms with van der Waals surface area (Å²) in [5.41, 5.74) is 0.616. The molecule has 0 aliphatic carbocycles. The Hall–Kier alpha value is -1.88. The Morgan fingerprint density at radius 1 is 1.12 bits per heavy atom. The van der Waals surface area contributed by atoms with E-state index in [-0.39, 0.29) is 24.5 Å². The first-order chi connectivity index (χ1) is 11.6. The molecule has 1 unspecified atom stereocenters. The van der Waals surface area contributed by atoms with Crippen LogP contribution < -0.4 is 10.1 Å². The Morgan fingerprint density at radius 3 is 2.42 bits per heavy atom.